The summed E-state index contributed by atoms with van der Waals surface area (Å²) in [5.74, 6) is -2.40. The Hall–Kier alpha value is -1.58. The van der Waals surface area contributed by atoms with Crippen LogP contribution in [0.5, 0.6) is 0 Å². The van der Waals surface area contributed by atoms with Gasteiger partial charge in [0.2, 0.25) is 0 Å². The molecule has 0 unspecified atom stereocenters. The maximum absolute atomic E-state index is 11.3. The third kappa shape index (κ3) is 5.33. The largest absolute Gasteiger partial charge is 0.419 e. The van der Waals surface area contributed by atoms with E-state index in [9.17, 15) is 9.59 Å². The molecular weight excluding hydrogens is 220 g/mol. The average molecular weight is 240 g/mol. The van der Waals surface area contributed by atoms with Crippen LogP contribution in [-0.4, -0.2) is 17.7 Å². The molecule has 0 saturated heterocycles. The van der Waals surface area contributed by atoms with E-state index in [2.05, 4.69) is 13.2 Å². The Bertz CT molecular complexity index is 272. The van der Waals surface area contributed by atoms with Gasteiger partial charge in [0.1, 0.15) is 0 Å². The van der Waals surface area contributed by atoms with Crippen LogP contribution in [0.15, 0.2) is 25.3 Å². The molecule has 0 aliphatic carbocycles. The number of carbonyl (C=O) groups is 2. The molecule has 0 spiro atoms. The second kappa shape index (κ2) is 7.65. The Balaban J connectivity index is 4.84. The lowest BCUT2D eigenvalue weighted by Crippen LogP contribution is -2.39. The van der Waals surface area contributed by atoms with Gasteiger partial charge in [0.15, 0.2) is 0 Å². The maximum atomic E-state index is 11.3. The fraction of sp³-hybridized carbons (Fsp3) is 0.538. The molecule has 0 aromatic rings. The zero-order valence-corrected chi connectivity index (χ0v) is 10.5. The molecule has 0 aliphatic rings. The maximum Gasteiger partial charge on any atom is 0.333 e. The molecule has 0 saturated carbocycles. The Kier molecular flexibility index (Phi) is 6.94. The Morgan fingerprint density at radius 1 is 1.12 bits per heavy atom. The number of esters is 2. The summed E-state index contributed by atoms with van der Waals surface area (Å²) in [5.41, 5.74) is 0. The number of unbranched alkanes of at least 4 members (excludes halogenated alkanes) is 1. The lowest BCUT2D eigenvalue weighted by molar-refractivity contribution is -0.226. The van der Waals surface area contributed by atoms with E-state index >= 15 is 0 Å². The van der Waals surface area contributed by atoms with Crippen LogP contribution in [0, 0.1) is 0 Å². The monoisotopic (exact) mass is 240 g/mol. The molecule has 0 aromatic carbocycles. The van der Waals surface area contributed by atoms with Crippen molar-refractivity contribution in [1.29, 1.82) is 0 Å². The molecule has 0 heterocycles. The Morgan fingerprint density at radius 3 is 1.88 bits per heavy atom. The van der Waals surface area contributed by atoms with Crippen molar-refractivity contribution in [3.05, 3.63) is 25.3 Å². The van der Waals surface area contributed by atoms with Gasteiger partial charge in [0, 0.05) is 25.0 Å². The van der Waals surface area contributed by atoms with Gasteiger partial charge in [-0.05, 0) is 6.42 Å². The van der Waals surface area contributed by atoms with Crippen molar-refractivity contribution in [2.45, 2.75) is 45.3 Å². The van der Waals surface area contributed by atoms with E-state index in [-0.39, 0.29) is 0 Å². The van der Waals surface area contributed by atoms with E-state index in [0.29, 0.717) is 12.8 Å². The van der Waals surface area contributed by atoms with Gasteiger partial charge < -0.3 is 9.47 Å². The summed E-state index contributed by atoms with van der Waals surface area (Å²) in [4.78, 5) is 22.5. The quantitative estimate of drug-likeness (QED) is 0.372. The standard InChI is InChI=1S/C13H20O4/c1-5-9-10-13(8-4,16-11(14)6-2)17-12(15)7-3/h6-7H,2-3,5,8-10H2,1,4H3. The van der Waals surface area contributed by atoms with Crippen molar-refractivity contribution in [1.82, 2.24) is 0 Å². The molecule has 0 bridgehead atoms. The molecule has 0 N–H and O–H groups in total. The smallest absolute Gasteiger partial charge is 0.333 e. The van der Waals surface area contributed by atoms with Crippen molar-refractivity contribution in [2.24, 2.45) is 0 Å². The van der Waals surface area contributed by atoms with E-state index in [1.807, 2.05) is 6.92 Å². The van der Waals surface area contributed by atoms with Crippen LogP contribution in [0.2, 0.25) is 0 Å². The Labute approximate surface area is 102 Å². The highest BCUT2D eigenvalue weighted by Crippen LogP contribution is 2.26. The highest BCUT2D eigenvalue weighted by molar-refractivity contribution is 5.83. The summed E-state index contributed by atoms with van der Waals surface area (Å²) in [5, 5.41) is 0. The second-order valence-corrected chi connectivity index (χ2v) is 3.62. The third-order valence-electron chi connectivity index (χ3n) is 2.36. The average Bonchev–Trinajstić information content (AvgIpc) is 2.35. The van der Waals surface area contributed by atoms with Gasteiger partial charge in [-0.2, -0.15) is 0 Å². The van der Waals surface area contributed by atoms with Crippen LogP contribution in [-0.2, 0) is 19.1 Å². The zero-order chi connectivity index (χ0) is 13.3. The predicted molar refractivity (Wildman–Crippen MR) is 65.1 cm³/mol. The molecule has 0 radical (unpaired) electrons. The third-order valence-corrected chi connectivity index (χ3v) is 2.36. The normalized spacial score (nSPS) is 10.5. The summed E-state index contributed by atoms with van der Waals surface area (Å²) in [6, 6.07) is 0. The molecule has 96 valence electrons. The number of rotatable bonds is 8. The van der Waals surface area contributed by atoms with Gasteiger partial charge in [-0.15, -0.1) is 0 Å². The van der Waals surface area contributed by atoms with Crippen LogP contribution >= 0.6 is 0 Å². The van der Waals surface area contributed by atoms with Gasteiger partial charge in [-0.1, -0.05) is 33.4 Å². The number of carbonyl (C=O) groups excluding carboxylic acids is 2. The van der Waals surface area contributed by atoms with Crippen molar-refractivity contribution >= 4 is 11.9 Å². The van der Waals surface area contributed by atoms with Crippen LogP contribution in [0.1, 0.15) is 39.5 Å². The summed E-state index contributed by atoms with van der Waals surface area (Å²) in [7, 11) is 0. The van der Waals surface area contributed by atoms with E-state index in [0.717, 1.165) is 25.0 Å². The molecule has 17 heavy (non-hydrogen) atoms. The number of hydrogen-bond acceptors (Lipinski definition) is 4. The van der Waals surface area contributed by atoms with Gasteiger partial charge in [0.25, 0.3) is 5.79 Å². The first kappa shape index (κ1) is 15.4. The van der Waals surface area contributed by atoms with Crippen LogP contribution in [0.3, 0.4) is 0 Å². The summed E-state index contributed by atoms with van der Waals surface area (Å²) in [6.45, 7) is 10.4. The minimum absolute atomic E-state index is 0.395. The first-order chi connectivity index (χ1) is 8.03. The van der Waals surface area contributed by atoms with Gasteiger partial charge in [0.05, 0.1) is 0 Å². The molecule has 0 atom stereocenters. The van der Waals surface area contributed by atoms with E-state index in [1.165, 1.54) is 0 Å². The van der Waals surface area contributed by atoms with Gasteiger partial charge in [-0.25, -0.2) is 9.59 Å². The van der Waals surface area contributed by atoms with Crippen molar-refractivity contribution < 1.29 is 19.1 Å². The van der Waals surface area contributed by atoms with E-state index in [4.69, 9.17) is 9.47 Å². The first-order valence-electron chi connectivity index (χ1n) is 5.74. The number of ether oxygens (including phenoxy) is 2. The molecule has 4 nitrogen and oxygen atoms in total. The predicted octanol–water partition coefficient (Wildman–Crippen LogP) is 2.74. The zero-order valence-electron chi connectivity index (χ0n) is 10.5. The molecule has 0 rings (SSSR count). The fourth-order valence-corrected chi connectivity index (χ4v) is 1.34. The number of hydrogen-bond donors (Lipinski definition) is 0. The summed E-state index contributed by atoms with van der Waals surface area (Å²) in [6.07, 6.45) is 4.68. The van der Waals surface area contributed by atoms with Gasteiger partial charge >= 0.3 is 11.9 Å². The van der Waals surface area contributed by atoms with E-state index in [1.54, 1.807) is 6.92 Å². The highest BCUT2D eigenvalue weighted by atomic mass is 16.7. The van der Waals surface area contributed by atoms with Gasteiger partial charge in [-0.3, -0.25) is 0 Å². The molecule has 0 aliphatic heterocycles. The summed E-state index contributed by atoms with van der Waals surface area (Å²) >= 11 is 0. The molecule has 4 heteroatoms. The van der Waals surface area contributed by atoms with E-state index < -0.39 is 17.7 Å². The van der Waals surface area contributed by atoms with Crippen molar-refractivity contribution in [3.63, 3.8) is 0 Å². The lowest BCUT2D eigenvalue weighted by Gasteiger charge is -2.31. The summed E-state index contributed by atoms with van der Waals surface area (Å²) < 4.78 is 10.3. The molecular formula is C13H20O4. The minimum atomic E-state index is -1.20. The van der Waals surface area contributed by atoms with Crippen LogP contribution in [0.25, 0.3) is 0 Å². The van der Waals surface area contributed by atoms with Crippen molar-refractivity contribution in [3.8, 4) is 0 Å². The first-order valence-corrected chi connectivity index (χ1v) is 5.74. The molecule has 0 fully saturated rings. The molecule has 0 aromatic heterocycles. The fourth-order valence-electron chi connectivity index (χ4n) is 1.34. The van der Waals surface area contributed by atoms with Crippen molar-refractivity contribution in [2.75, 3.05) is 0 Å². The topological polar surface area (TPSA) is 52.6 Å². The van der Waals surface area contributed by atoms with Crippen LogP contribution in [0.4, 0.5) is 0 Å². The second-order valence-electron chi connectivity index (χ2n) is 3.62. The minimum Gasteiger partial charge on any atom is -0.419 e. The SMILES string of the molecule is C=CC(=O)OC(CC)(CCCC)OC(=O)C=C. The Morgan fingerprint density at radius 2 is 1.59 bits per heavy atom. The highest BCUT2D eigenvalue weighted by Gasteiger charge is 2.35. The van der Waals surface area contributed by atoms with Crippen LogP contribution < -0.4 is 0 Å². The molecule has 0 amide bonds. The lowest BCUT2D eigenvalue weighted by atomic mass is 10.1.